The summed E-state index contributed by atoms with van der Waals surface area (Å²) < 4.78 is 0. The number of H-pyrrole nitrogens is 1. The van der Waals surface area contributed by atoms with Gasteiger partial charge in [-0.25, -0.2) is 9.98 Å². The average molecular weight is 404 g/mol. The molecule has 0 unspecified atom stereocenters. The zero-order chi connectivity index (χ0) is 21.7. The zero-order valence-corrected chi connectivity index (χ0v) is 17.1. The van der Waals surface area contributed by atoms with Gasteiger partial charge in [0.15, 0.2) is 0 Å². The van der Waals surface area contributed by atoms with E-state index < -0.39 is 5.91 Å². The van der Waals surface area contributed by atoms with Crippen LogP contribution in [0.5, 0.6) is 0 Å². The summed E-state index contributed by atoms with van der Waals surface area (Å²) in [5.41, 5.74) is 8.11. The number of nitrogens with zero attached hydrogens (tertiary/aromatic N) is 2. The Labute approximate surface area is 174 Å². The van der Waals surface area contributed by atoms with E-state index >= 15 is 0 Å². The molecule has 0 radical (unpaired) electrons. The lowest BCUT2D eigenvalue weighted by atomic mass is 9.87. The molecule has 0 aliphatic heterocycles. The number of carbonyl (C=O) groups excluding carboxylic acids is 2. The molecule has 5 N–H and O–H groups in total. The molecule has 1 aromatic heterocycles. The summed E-state index contributed by atoms with van der Waals surface area (Å²) in [5.74, 6) is -0.577. The van der Waals surface area contributed by atoms with Gasteiger partial charge in [0.05, 0.1) is 11.3 Å². The van der Waals surface area contributed by atoms with Crippen LogP contribution in [0, 0.1) is 0 Å². The van der Waals surface area contributed by atoms with Gasteiger partial charge in [0.1, 0.15) is 0 Å². The van der Waals surface area contributed by atoms with E-state index in [0.717, 1.165) is 5.56 Å². The number of rotatable bonds is 4. The number of aliphatic imine (C=N–C) groups is 1. The minimum Gasteiger partial charge on any atom is -0.369 e. The van der Waals surface area contributed by atoms with E-state index in [1.165, 1.54) is 6.20 Å². The molecule has 154 valence electrons. The molecule has 2 aromatic carbocycles. The van der Waals surface area contributed by atoms with Crippen molar-refractivity contribution < 1.29 is 9.59 Å². The van der Waals surface area contributed by atoms with Crippen LogP contribution in [0.4, 0.5) is 11.6 Å². The number of aromatic nitrogens is 2. The van der Waals surface area contributed by atoms with E-state index in [1.54, 1.807) is 42.6 Å². The Balaban J connectivity index is 1.74. The average Bonchev–Trinajstić information content (AvgIpc) is 3.20. The van der Waals surface area contributed by atoms with Crippen molar-refractivity contribution in [1.82, 2.24) is 15.3 Å². The molecule has 8 nitrogen and oxygen atoms in total. The molecule has 8 heteroatoms. The van der Waals surface area contributed by atoms with Crippen molar-refractivity contribution in [1.29, 1.82) is 0 Å². The van der Waals surface area contributed by atoms with Gasteiger partial charge >= 0.3 is 0 Å². The molecule has 0 fully saturated rings. The maximum Gasteiger partial charge on any atom is 0.260 e. The first-order chi connectivity index (χ1) is 14.2. The number of guanidine groups is 1. The molecule has 0 spiro atoms. The Morgan fingerprint density at radius 3 is 2.37 bits per heavy atom. The molecule has 0 bridgehead atoms. The van der Waals surface area contributed by atoms with E-state index in [2.05, 4.69) is 46.4 Å². The zero-order valence-electron chi connectivity index (χ0n) is 17.1. The number of hydrogen-bond acceptors (Lipinski definition) is 4. The number of para-hydroxylation sites is 1. The van der Waals surface area contributed by atoms with Gasteiger partial charge in [-0.15, -0.1) is 0 Å². The van der Waals surface area contributed by atoms with Gasteiger partial charge in [0.25, 0.3) is 11.8 Å². The second-order valence-electron chi connectivity index (χ2n) is 7.69. The number of benzene rings is 2. The van der Waals surface area contributed by atoms with Gasteiger partial charge in [0.2, 0.25) is 11.9 Å². The number of aromatic amines is 1. The minimum absolute atomic E-state index is 0.00454. The van der Waals surface area contributed by atoms with Crippen LogP contribution in [0.3, 0.4) is 0 Å². The third-order valence-electron chi connectivity index (χ3n) is 4.37. The number of nitrogens with one attached hydrogen (secondary N) is 3. The largest absolute Gasteiger partial charge is 0.369 e. The van der Waals surface area contributed by atoms with Gasteiger partial charge in [-0.05, 0) is 35.2 Å². The Bertz CT molecular complexity index is 1060. The first-order valence-corrected chi connectivity index (χ1v) is 9.40. The summed E-state index contributed by atoms with van der Waals surface area (Å²) in [7, 11) is 0. The molecule has 1 heterocycles. The third-order valence-corrected chi connectivity index (χ3v) is 4.37. The monoisotopic (exact) mass is 404 g/mol. The first-order valence-electron chi connectivity index (χ1n) is 9.40. The van der Waals surface area contributed by atoms with Crippen molar-refractivity contribution in [3.63, 3.8) is 0 Å². The summed E-state index contributed by atoms with van der Waals surface area (Å²) in [5, 5.41) is 5.19. The maximum absolute atomic E-state index is 12.5. The van der Waals surface area contributed by atoms with Crippen LogP contribution in [0.25, 0.3) is 0 Å². The molecule has 30 heavy (non-hydrogen) atoms. The predicted molar refractivity (Wildman–Crippen MR) is 117 cm³/mol. The van der Waals surface area contributed by atoms with Crippen molar-refractivity contribution in [2.75, 3.05) is 5.32 Å². The molecular formula is C22H24N6O2. The van der Waals surface area contributed by atoms with Crippen LogP contribution in [-0.2, 0) is 5.41 Å². The quantitative estimate of drug-likeness (QED) is 0.393. The van der Waals surface area contributed by atoms with Crippen molar-refractivity contribution >= 4 is 29.4 Å². The summed E-state index contributed by atoms with van der Waals surface area (Å²) >= 11 is 0. The fourth-order valence-electron chi connectivity index (χ4n) is 2.74. The number of nitrogens with two attached hydrogens (primary N) is 1. The molecule has 0 atom stereocenters. The molecule has 0 aliphatic carbocycles. The highest BCUT2D eigenvalue weighted by atomic mass is 16.2. The predicted octanol–water partition coefficient (Wildman–Crippen LogP) is 3.34. The molecular weight excluding hydrogens is 380 g/mol. The van der Waals surface area contributed by atoms with Gasteiger partial charge < -0.3 is 10.7 Å². The fourth-order valence-corrected chi connectivity index (χ4v) is 2.74. The lowest BCUT2D eigenvalue weighted by molar-refractivity contribution is 0.0975. The maximum atomic E-state index is 12.5. The number of anilines is 1. The fraction of sp³-hybridized carbons (Fsp3) is 0.182. The van der Waals surface area contributed by atoms with Crippen LogP contribution in [0.2, 0.25) is 0 Å². The SMILES string of the molecule is CC(C)(C)c1ccc(C(=O)NC(N)=Nc2ccccc2C(=O)Nc2ncc[nH]2)cc1. The van der Waals surface area contributed by atoms with Crippen LogP contribution in [-0.4, -0.2) is 27.7 Å². The van der Waals surface area contributed by atoms with Gasteiger partial charge in [-0.2, -0.15) is 0 Å². The highest BCUT2D eigenvalue weighted by Crippen LogP contribution is 2.22. The van der Waals surface area contributed by atoms with Crippen LogP contribution in [0.1, 0.15) is 47.1 Å². The van der Waals surface area contributed by atoms with Crippen LogP contribution >= 0.6 is 0 Å². The lowest BCUT2D eigenvalue weighted by Gasteiger charge is -2.19. The number of imidazole rings is 1. The highest BCUT2D eigenvalue weighted by Gasteiger charge is 2.15. The molecule has 0 saturated carbocycles. The highest BCUT2D eigenvalue weighted by molar-refractivity contribution is 6.09. The van der Waals surface area contributed by atoms with E-state index in [0.29, 0.717) is 22.8 Å². The van der Waals surface area contributed by atoms with Gasteiger partial charge in [-0.1, -0.05) is 45.0 Å². The number of amides is 2. The molecule has 3 aromatic rings. The second kappa shape index (κ2) is 8.60. The summed E-state index contributed by atoms with van der Waals surface area (Å²) in [4.78, 5) is 35.9. The topological polar surface area (TPSA) is 125 Å². The standard InChI is InChI=1S/C22H24N6O2/c1-22(2,3)15-10-8-14(9-11-15)18(29)27-20(23)26-17-7-5-4-6-16(17)19(30)28-21-24-12-13-25-21/h4-13H,1-3H3,(H3,23,26,27,29)(H2,24,25,28,30). The first kappa shape index (κ1) is 20.8. The van der Waals surface area contributed by atoms with Crippen molar-refractivity contribution in [2.45, 2.75) is 26.2 Å². The van der Waals surface area contributed by atoms with Crippen molar-refractivity contribution in [2.24, 2.45) is 10.7 Å². The molecule has 3 rings (SSSR count). The minimum atomic E-state index is -0.402. The summed E-state index contributed by atoms with van der Waals surface area (Å²) in [6, 6.07) is 14.0. The molecule has 0 saturated heterocycles. The summed E-state index contributed by atoms with van der Waals surface area (Å²) in [6.45, 7) is 6.31. The Morgan fingerprint density at radius 2 is 1.73 bits per heavy atom. The van der Waals surface area contributed by atoms with Crippen molar-refractivity contribution in [3.05, 3.63) is 77.6 Å². The smallest absolute Gasteiger partial charge is 0.260 e. The van der Waals surface area contributed by atoms with E-state index in [1.807, 2.05) is 12.1 Å². The lowest BCUT2D eigenvalue weighted by Crippen LogP contribution is -2.36. The normalized spacial score (nSPS) is 11.8. The van der Waals surface area contributed by atoms with Crippen LogP contribution < -0.4 is 16.4 Å². The Morgan fingerprint density at radius 1 is 1.03 bits per heavy atom. The Hall–Kier alpha value is -3.94. The third kappa shape index (κ3) is 5.11. The van der Waals surface area contributed by atoms with E-state index in [9.17, 15) is 9.59 Å². The Kier molecular flexibility index (Phi) is 5.96. The number of hydrogen-bond donors (Lipinski definition) is 4. The van der Waals surface area contributed by atoms with E-state index in [-0.39, 0.29) is 17.3 Å². The van der Waals surface area contributed by atoms with Crippen molar-refractivity contribution in [3.8, 4) is 0 Å². The van der Waals surface area contributed by atoms with E-state index in [4.69, 9.17) is 5.73 Å². The molecule has 0 aliphatic rings. The molecule has 2 amide bonds. The summed E-state index contributed by atoms with van der Waals surface area (Å²) in [6.07, 6.45) is 3.13. The van der Waals surface area contributed by atoms with Gasteiger partial charge in [-0.3, -0.25) is 20.2 Å². The second-order valence-corrected chi connectivity index (χ2v) is 7.69. The van der Waals surface area contributed by atoms with Gasteiger partial charge in [0, 0.05) is 18.0 Å². The van der Waals surface area contributed by atoms with Crippen LogP contribution in [0.15, 0.2) is 65.9 Å². The number of carbonyl (C=O) groups is 2.